The summed E-state index contributed by atoms with van der Waals surface area (Å²) in [4.78, 5) is 2.83. The van der Waals surface area contributed by atoms with E-state index in [-0.39, 0.29) is 11.6 Å². The molecule has 1 unspecified atom stereocenters. The molecule has 1 atom stereocenters. The fourth-order valence-electron chi connectivity index (χ4n) is 2.57. The molecule has 0 aliphatic heterocycles. The van der Waals surface area contributed by atoms with Crippen LogP contribution in [0.25, 0.3) is 0 Å². The Morgan fingerprint density at radius 2 is 1.48 bits per heavy atom. The van der Waals surface area contributed by atoms with Gasteiger partial charge in [-0.2, -0.15) is 0 Å². The first kappa shape index (κ1) is 17.7. The van der Waals surface area contributed by atoms with Gasteiger partial charge in [-0.25, -0.2) is 4.98 Å². The van der Waals surface area contributed by atoms with Gasteiger partial charge >= 0.3 is 10.2 Å². The lowest BCUT2D eigenvalue weighted by atomic mass is 9.92. The minimum atomic E-state index is -9.80. The van der Waals surface area contributed by atoms with Crippen molar-refractivity contribution < 1.29 is 24.5 Å². The van der Waals surface area contributed by atoms with E-state index in [0.29, 0.717) is 11.8 Å². The van der Waals surface area contributed by atoms with Crippen molar-refractivity contribution in [2.45, 2.75) is 31.9 Å². The van der Waals surface area contributed by atoms with Gasteiger partial charge < -0.3 is 5.11 Å². The minimum absolute atomic E-state index is 0.0191. The van der Waals surface area contributed by atoms with E-state index in [4.69, 9.17) is 0 Å². The molecule has 0 bridgehead atoms. The Balaban J connectivity index is 2.46. The van der Waals surface area contributed by atoms with Crippen molar-refractivity contribution in [3.05, 3.63) is 58.3 Å². The van der Waals surface area contributed by atoms with Gasteiger partial charge in [0, 0.05) is 11.8 Å². The summed E-state index contributed by atoms with van der Waals surface area (Å²) in [6, 6.07) is 4.67. The first-order valence-corrected chi connectivity index (χ1v) is 8.60. The van der Waals surface area contributed by atoms with Crippen molar-refractivity contribution in [3.8, 4) is 0 Å². The zero-order chi connectivity index (χ0) is 17.7. The number of rotatable bonds is 3. The standard InChI is InChI=1S/C15H16F5NOS/c1-9-6-10(2)14(11(3)7-9)15(22)12-4-5-13(21-8-12)23(16,17,18,19)20/h4-8,15,22H,1-3H3. The predicted molar refractivity (Wildman–Crippen MR) is 80.3 cm³/mol. The zero-order valence-electron chi connectivity index (χ0n) is 12.7. The molecule has 1 heterocycles. The molecule has 1 aromatic carbocycles. The second-order valence-electron chi connectivity index (χ2n) is 5.61. The highest BCUT2D eigenvalue weighted by Crippen LogP contribution is 3.01. The van der Waals surface area contributed by atoms with Crippen LogP contribution in [0.3, 0.4) is 0 Å². The van der Waals surface area contributed by atoms with Crippen molar-refractivity contribution in [1.29, 1.82) is 0 Å². The lowest BCUT2D eigenvalue weighted by Crippen LogP contribution is -2.10. The molecule has 128 valence electrons. The number of halogens is 5. The number of aromatic nitrogens is 1. The molecule has 0 aliphatic rings. The number of hydrogen-bond donors (Lipinski definition) is 1. The van der Waals surface area contributed by atoms with Crippen LogP contribution < -0.4 is 0 Å². The maximum Gasteiger partial charge on any atom is 0.325 e. The molecule has 1 aromatic heterocycles. The van der Waals surface area contributed by atoms with Crippen LogP contribution in [0.5, 0.6) is 0 Å². The summed E-state index contributed by atoms with van der Waals surface area (Å²) in [6.45, 7) is 5.39. The minimum Gasteiger partial charge on any atom is -0.384 e. The molecular weight excluding hydrogens is 337 g/mol. The lowest BCUT2D eigenvalue weighted by molar-refractivity contribution is 0.218. The third-order valence-electron chi connectivity index (χ3n) is 3.48. The van der Waals surface area contributed by atoms with Crippen LogP contribution in [-0.4, -0.2) is 10.1 Å². The normalized spacial score (nSPS) is 16.6. The summed E-state index contributed by atoms with van der Waals surface area (Å²) < 4.78 is 63.3. The van der Waals surface area contributed by atoms with Crippen molar-refractivity contribution in [1.82, 2.24) is 4.98 Å². The molecule has 0 fully saturated rings. The average molecular weight is 353 g/mol. The zero-order valence-corrected chi connectivity index (χ0v) is 13.5. The van der Waals surface area contributed by atoms with Crippen molar-refractivity contribution in [2.24, 2.45) is 0 Å². The summed E-state index contributed by atoms with van der Waals surface area (Å²) in [7, 11) is -9.80. The molecule has 2 nitrogen and oxygen atoms in total. The van der Waals surface area contributed by atoms with Gasteiger partial charge in [0.05, 0.1) is 0 Å². The molecule has 0 spiro atoms. The van der Waals surface area contributed by atoms with Gasteiger partial charge in [0.25, 0.3) is 0 Å². The highest BCUT2D eigenvalue weighted by Gasteiger charge is 2.67. The van der Waals surface area contributed by atoms with E-state index in [0.717, 1.165) is 22.8 Å². The second-order valence-corrected chi connectivity index (χ2v) is 7.97. The van der Waals surface area contributed by atoms with Crippen molar-refractivity contribution >= 4 is 10.2 Å². The van der Waals surface area contributed by atoms with E-state index in [1.807, 2.05) is 19.1 Å². The largest absolute Gasteiger partial charge is 0.384 e. The number of aliphatic hydroxyl groups excluding tert-OH is 1. The highest BCUT2D eigenvalue weighted by atomic mass is 32.5. The first-order valence-electron chi connectivity index (χ1n) is 6.65. The Morgan fingerprint density at radius 1 is 0.957 bits per heavy atom. The number of aryl methyl sites for hydroxylation is 3. The van der Waals surface area contributed by atoms with Crippen LogP contribution in [0.15, 0.2) is 35.5 Å². The molecule has 1 N–H and O–H groups in total. The van der Waals surface area contributed by atoms with Crippen LogP contribution in [0, 0.1) is 20.8 Å². The number of nitrogens with zero attached hydrogens (tertiary/aromatic N) is 1. The smallest absolute Gasteiger partial charge is 0.325 e. The number of benzene rings is 1. The van der Waals surface area contributed by atoms with Crippen molar-refractivity contribution in [2.75, 3.05) is 0 Å². The van der Waals surface area contributed by atoms with Gasteiger partial charge in [-0.05, 0) is 43.5 Å². The number of aliphatic hydroxyl groups is 1. The summed E-state index contributed by atoms with van der Waals surface area (Å²) in [5, 5.41) is 8.16. The predicted octanol–water partition coefficient (Wildman–Crippen LogP) is 5.75. The molecule has 2 rings (SSSR count). The monoisotopic (exact) mass is 353 g/mol. The average Bonchev–Trinajstić information content (AvgIpc) is 2.34. The van der Waals surface area contributed by atoms with E-state index < -0.39 is 21.4 Å². The molecule has 2 aromatic rings. The van der Waals surface area contributed by atoms with Crippen LogP contribution >= 0.6 is 10.2 Å². The topological polar surface area (TPSA) is 33.1 Å². The number of pyridine rings is 1. The Kier molecular flexibility index (Phi) is 3.59. The van der Waals surface area contributed by atoms with E-state index in [1.165, 1.54) is 0 Å². The summed E-state index contributed by atoms with van der Waals surface area (Å²) >= 11 is 0. The highest BCUT2D eigenvalue weighted by molar-refractivity contribution is 8.45. The van der Waals surface area contributed by atoms with Gasteiger partial charge in [-0.15, -0.1) is 0 Å². The van der Waals surface area contributed by atoms with Gasteiger partial charge in [0.15, 0.2) is 5.03 Å². The van der Waals surface area contributed by atoms with Crippen molar-refractivity contribution in [3.63, 3.8) is 0 Å². The maximum absolute atomic E-state index is 12.7. The van der Waals surface area contributed by atoms with Crippen LogP contribution in [-0.2, 0) is 0 Å². The van der Waals surface area contributed by atoms with Crippen LogP contribution in [0.2, 0.25) is 0 Å². The lowest BCUT2D eigenvalue weighted by Gasteiger charge is -2.39. The fraction of sp³-hybridized carbons (Fsp3) is 0.267. The summed E-state index contributed by atoms with van der Waals surface area (Å²) in [6.07, 6.45) is -0.605. The molecule has 8 heteroatoms. The molecule has 0 saturated carbocycles. The third kappa shape index (κ3) is 3.81. The Hall–Kier alpha value is -1.67. The first-order chi connectivity index (χ1) is 10.2. The van der Waals surface area contributed by atoms with E-state index >= 15 is 0 Å². The van der Waals surface area contributed by atoms with E-state index in [9.17, 15) is 24.5 Å². The summed E-state index contributed by atoms with van der Waals surface area (Å²) in [5.41, 5.74) is 3.03. The summed E-state index contributed by atoms with van der Waals surface area (Å²) in [5.74, 6) is 0. The molecule has 0 radical (unpaired) electrons. The Labute approximate surface area is 130 Å². The van der Waals surface area contributed by atoms with Gasteiger partial charge in [-0.1, -0.05) is 43.2 Å². The quantitative estimate of drug-likeness (QED) is 0.713. The maximum atomic E-state index is 12.7. The molecule has 0 aliphatic carbocycles. The Bertz CT molecular complexity index is 733. The SMILES string of the molecule is Cc1cc(C)c(C(O)c2ccc(S(F)(F)(F)(F)F)nc2)c(C)c1. The molecular formula is C15H16F5NOS. The van der Waals surface area contributed by atoms with E-state index in [1.54, 1.807) is 13.8 Å². The van der Waals surface area contributed by atoms with Gasteiger partial charge in [0.1, 0.15) is 6.10 Å². The fourth-order valence-corrected chi connectivity index (χ4v) is 3.15. The molecule has 0 amide bonds. The second kappa shape index (κ2) is 4.67. The van der Waals surface area contributed by atoms with Gasteiger partial charge in [0.2, 0.25) is 0 Å². The van der Waals surface area contributed by atoms with Crippen LogP contribution in [0.4, 0.5) is 19.4 Å². The van der Waals surface area contributed by atoms with Crippen LogP contribution in [0.1, 0.15) is 33.9 Å². The number of hydrogen-bond acceptors (Lipinski definition) is 2. The van der Waals surface area contributed by atoms with E-state index in [2.05, 4.69) is 4.98 Å². The Morgan fingerprint density at radius 3 is 1.87 bits per heavy atom. The molecule has 0 saturated heterocycles. The van der Waals surface area contributed by atoms with Gasteiger partial charge in [-0.3, -0.25) is 0 Å². The molecule has 23 heavy (non-hydrogen) atoms. The third-order valence-corrected chi connectivity index (χ3v) is 4.51.